The highest BCUT2D eigenvalue weighted by Gasteiger charge is 2.27. The van der Waals surface area contributed by atoms with Gasteiger partial charge >= 0.3 is 6.03 Å². The molecule has 0 unspecified atom stereocenters. The minimum atomic E-state index is -0.466. The Labute approximate surface area is 145 Å². The molecule has 1 heterocycles. The molecule has 3 amide bonds. The highest BCUT2D eigenvalue weighted by Crippen LogP contribution is 2.12. The summed E-state index contributed by atoms with van der Waals surface area (Å²) < 4.78 is 0. The van der Waals surface area contributed by atoms with E-state index in [0.29, 0.717) is 18.9 Å². The Morgan fingerprint density at radius 1 is 1.17 bits per heavy atom. The summed E-state index contributed by atoms with van der Waals surface area (Å²) in [6, 6.07) is 9.33. The Bertz CT molecular complexity index is 539. The number of nitrogens with zero attached hydrogens (tertiary/aromatic N) is 2. The van der Waals surface area contributed by atoms with E-state index in [1.165, 1.54) is 0 Å². The van der Waals surface area contributed by atoms with E-state index >= 15 is 0 Å². The van der Waals surface area contributed by atoms with Crippen molar-refractivity contribution >= 4 is 11.9 Å². The number of hydrogen-bond acceptors (Lipinski definition) is 2. The van der Waals surface area contributed by atoms with E-state index in [-0.39, 0.29) is 11.9 Å². The molecule has 1 fully saturated rings. The smallest absolute Gasteiger partial charge is 0.318 e. The molecular formula is C19H29N3O2. The fraction of sp³-hybridized carbons (Fsp3) is 0.579. The molecule has 1 N–H and O–H groups in total. The van der Waals surface area contributed by atoms with Crippen LogP contribution in [0, 0.1) is 5.92 Å². The van der Waals surface area contributed by atoms with Crippen molar-refractivity contribution in [3.05, 3.63) is 35.9 Å². The molecular weight excluding hydrogens is 302 g/mol. The molecule has 0 radical (unpaired) electrons. The zero-order valence-corrected chi connectivity index (χ0v) is 15.0. The van der Waals surface area contributed by atoms with Gasteiger partial charge in [0.15, 0.2) is 0 Å². The number of hydrogen-bond donors (Lipinski definition) is 1. The second kappa shape index (κ2) is 8.71. The Kier molecular flexibility index (Phi) is 6.64. The summed E-state index contributed by atoms with van der Waals surface area (Å²) in [5, 5.41) is 2.95. The summed E-state index contributed by atoms with van der Waals surface area (Å²) in [6.45, 7) is 6.26. The van der Waals surface area contributed by atoms with Gasteiger partial charge in [-0.05, 0) is 30.7 Å². The Morgan fingerprint density at radius 2 is 1.79 bits per heavy atom. The van der Waals surface area contributed by atoms with Crippen LogP contribution in [-0.2, 0) is 11.3 Å². The molecule has 5 nitrogen and oxygen atoms in total. The van der Waals surface area contributed by atoms with E-state index < -0.39 is 6.04 Å². The first-order valence-electron chi connectivity index (χ1n) is 8.81. The third kappa shape index (κ3) is 5.25. The van der Waals surface area contributed by atoms with E-state index in [4.69, 9.17) is 0 Å². The highest BCUT2D eigenvalue weighted by molar-refractivity contribution is 5.87. The van der Waals surface area contributed by atoms with Crippen molar-refractivity contribution in [2.45, 2.75) is 45.7 Å². The molecule has 1 aliphatic rings. The summed E-state index contributed by atoms with van der Waals surface area (Å²) in [5.74, 6) is 0.308. The first-order valence-corrected chi connectivity index (χ1v) is 8.81. The molecule has 0 aliphatic carbocycles. The van der Waals surface area contributed by atoms with Gasteiger partial charge in [-0.3, -0.25) is 4.79 Å². The third-order valence-corrected chi connectivity index (χ3v) is 4.33. The molecule has 1 aromatic carbocycles. The monoisotopic (exact) mass is 331 g/mol. The fourth-order valence-electron chi connectivity index (χ4n) is 3.05. The van der Waals surface area contributed by atoms with E-state index in [0.717, 1.165) is 31.5 Å². The number of rotatable bonds is 6. The van der Waals surface area contributed by atoms with Crippen LogP contribution in [0.3, 0.4) is 0 Å². The fourth-order valence-corrected chi connectivity index (χ4v) is 3.05. The number of benzene rings is 1. The lowest BCUT2D eigenvalue weighted by Crippen LogP contribution is -2.51. The van der Waals surface area contributed by atoms with Crippen molar-refractivity contribution in [2.75, 3.05) is 20.1 Å². The van der Waals surface area contributed by atoms with Crippen molar-refractivity contribution in [2.24, 2.45) is 5.92 Å². The lowest BCUT2D eigenvalue weighted by atomic mass is 10.0. The second-order valence-corrected chi connectivity index (χ2v) is 7.01. The van der Waals surface area contributed by atoms with Gasteiger partial charge in [0.05, 0.1) is 0 Å². The quantitative estimate of drug-likeness (QED) is 0.871. The summed E-state index contributed by atoms with van der Waals surface area (Å²) in [7, 11) is 1.80. The van der Waals surface area contributed by atoms with Crippen molar-refractivity contribution < 1.29 is 9.59 Å². The molecule has 1 aliphatic heterocycles. The second-order valence-electron chi connectivity index (χ2n) is 7.01. The van der Waals surface area contributed by atoms with Crippen LogP contribution in [0.4, 0.5) is 4.79 Å². The van der Waals surface area contributed by atoms with Gasteiger partial charge in [-0.2, -0.15) is 0 Å². The molecule has 2 rings (SSSR count). The van der Waals surface area contributed by atoms with Gasteiger partial charge in [-0.1, -0.05) is 44.2 Å². The van der Waals surface area contributed by atoms with Crippen LogP contribution in [0.1, 0.15) is 38.7 Å². The van der Waals surface area contributed by atoms with Crippen LogP contribution in [-0.4, -0.2) is 47.9 Å². The standard InChI is InChI=1S/C19H29N3O2/c1-15(2)13-17(20-19(24)22-11-7-8-12-22)18(23)21(3)14-16-9-5-4-6-10-16/h4-6,9-10,15,17H,7-8,11-14H2,1-3H3,(H,20,24)/t17-/m1/s1. The van der Waals surface area contributed by atoms with Gasteiger partial charge in [0, 0.05) is 26.7 Å². The van der Waals surface area contributed by atoms with Crippen LogP contribution in [0.5, 0.6) is 0 Å². The van der Waals surface area contributed by atoms with Gasteiger partial charge in [0.1, 0.15) is 6.04 Å². The Balaban J connectivity index is 1.99. The first-order chi connectivity index (χ1) is 11.5. The van der Waals surface area contributed by atoms with Gasteiger partial charge < -0.3 is 15.1 Å². The summed E-state index contributed by atoms with van der Waals surface area (Å²) in [5.41, 5.74) is 1.09. The summed E-state index contributed by atoms with van der Waals surface area (Å²) in [6.07, 6.45) is 2.74. The largest absolute Gasteiger partial charge is 0.340 e. The van der Waals surface area contributed by atoms with Crippen LogP contribution in [0.25, 0.3) is 0 Å². The van der Waals surface area contributed by atoms with Crippen LogP contribution in [0.2, 0.25) is 0 Å². The number of amides is 3. The SMILES string of the molecule is CC(C)C[C@@H](NC(=O)N1CCCC1)C(=O)N(C)Cc1ccccc1. The predicted molar refractivity (Wildman–Crippen MR) is 95.5 cm³/mol. The molecule has 1 saturated heterocycles. The lowest BCUT2D eigenvalue weighted by molar-refractivity contribution is -0.132. The Morgan fingerprint density at radius 3 is 2.38 bits per heavy atom. The average molecular weight is 331 g/mol. The topological polar surface area (TPSA) is 52.7 Å². The first kappa shape index (κ1) is 18.3. The number of carbonyl (C=O) groups is 2. The predicted octanol–water partition coefficient (Wildman–Crippen LogP) is 2.87. The summed E-state index contributed by atoms with van der Waals surface area (Å²) in [4.78, 5) is 28.7. The van der Waals surface area contributed by atoms with Crippen molar-refractivity contribution in [1.82, 2.24) is 15.1 Å². The minimum Gasteiger partial charge on any atom is -0.340 e. The number of nitrogens with one attached hydrogen (secondary N) is 1. The number of likely N-dealkylation sites (tertiary alicyclic amines) is 1. The molecule has 0 aromatic heterocycles. The highest BCUT2D eigenvalue weighted by atomic mass is 16.2. The normalized spacial score (nSPS) is 15.4. The molecule has 1 atom stereocenters. The molecule has 0 saturated carbocycles. The van der Waals surface area contributed by atoms with Crippen LogP contribution >= 0.6 is 0 Å². The average Bonchev–Trinajstić information content (AvgIpc) is 3.08. The van der Waals surface area contributed by atoms with Crippen LogP contribution < -0.4 is 5.32 Å². The molecule has 132 valence electrons. The zero-order chi connectivity index (χ0) is 17.5. The molecule has 24 heavy (non-hydrogen) atoms. The minimum absolute atomic E-state index is 0.0277. The third-order valence-electron chi connectivity index (χ3n) is 4.33. The van der Waals surface area contributed by atoms with Crippen molar-refractivity contribution in [3.63, 3.8) is 0 Å². The lowest BCUT2D eigenvalue weighted by Gasteiger charge is -2.27. The maximum absolute atomic E-state index is 12.8. The number of likely N-dealkylation sites (N-methyl/N-ethyl adjacent to an activating group) is 1. The van der Waals surface area contributed by atoms with Gasteiger partial charge in [-0.25, -0.2) is 4.79 Å². The van der Waals surface area contributed by atoms with E-state index in [9.17, 15) is 9.59 Å². The van der Waals surface area contributed by atoms with E-state index in [1.54, 1.807) is 16.8 Å². The van der Waals surface area contributed by atoms with Gasteiger partial charge in [-0.15, -0.1) is 0 Å². The summed E-state index contributed by atoms with van der Waals surface area (Å²) >= 11 is 0. The number of carbonyl (C=O) groups excluding carboxylic acids is 2. The van der Waals surface area contributed by atoms with Crippen molar-refractivity contribution in [3.8, 4) is 0 Å². The van der Waals surface area contributed by atoms with Crippen molar-refractivity contribution in [1.29, 1.82) is 0 Å². The van der Waals surface area contributed by atoms with E-state index in [2.05, 4.69) is 19.2 Å². The molecule has 0 bridgehead atoms. The van der Waals surface area contributed by atoms with E-state index in [1.807, 2.05) is 30.3 Å². The maximum Gasteiger partial charge on any atom is 0.318 e. The molecule has 5 heteroatoms. The molecule has 0 spiro atoms. The maximum atomic E-state index is 12.8. The van der Waals surface area contributed by atoms with Gasteiger partial charge in [0.2, 0.25) is 5.91 Å². The number of urea groups is 1. The Hall–Kier alpha value is -2.04. The zero-order valence-electron chi connectivity index (χ0n) is 15.0. The van der Waals surface area contributed by atoms with Crippen LogP contribution in [0.15, 0.2) is 30.3 Å². The molecule has 1 aromatic rings. The van der Waals surface area contributed by atoms with Gasteiger partial charge in [0.25, 0.3) is 0 Å².